The maximum Gasteiger partial charge on any atom is 0.226 e. The van der Waals surface area contributed by atoms with E-state index in [0.717, 1.165) is 36.9 Å². The number of hydrogen-bond donors (Lipinski definition) is 4. The SMILES string of the molecule is CNc1nc(NC2(CO)CCCCC2)c2cn[nH]c2n1. The Morgan fingerprint density at radius 3 is 2.80 bits per heavy atom. The van der Waals surface area contributed by atoms with Gasteiger partial charge in [-0.3, -0.25) is 5.10 Å². The summed E-state index contributed by atoms with van der Waals surface area (Å²) in [4.78, 5) is 8.79. The average molecular weight is 276 g/mol. The van der Waals surface area contributed by atoms with Crippen molar-refractivity contribution in [3.05, 3.63) is 6.20 Å². The van der Waals surface area contributed by atoms with Gasteiger partial charge in [0.15, 0.2) is 5.65 Å². The first kappa shape index (κ1) is 13.1. The Morgan fingerprint density at radius 1 is 1.30 bits per heavy atom. The van der Waals surface area contributed by atoms with E-state index >= 15 is 0 Å². The van der Waals surface area contributed by atoms with Gasteiger partial charge in [-0.15, -0.1) is 0 Å². The second-order valence-electron chi connectivity index (χ2n) is 5.40. The Morgan fingerprint density at radius 2 is 2.10 bits per heavy atom. The fraction of sp³-hybridized carbons (Fsp3) is 0.615. The first-order valence-corrected chi connectivity index (χ1v) is 7.04. The summed E-state index contributed by atoms with van der Waals surface area (Å²) in [7, 11) is 1.78. The zero-order valence-corrected chi connectivity index (χ0v) is 11.6. The van der Waals surface area contributed by atoms with Gasteiger partial charge in [-0.1, -0.05) is 19.3 Å². The summed E-state index contributed by atoms with van der Waals surface area (Å²) in [6.45, 7) is 0.116. The van der Waals surface area contributed by atoms with Crippen molar-refractivity contribution in [2.24, 2.45) is 0 Å². The highest BCUT2D eigenvalue weighted by atomic mass is 16.3. The fourth-order valence-electron chi connectivity index (χ4n) is 2.84. The standard InChI is InChI=1S/C13H20N6O/c1-14-12-16-10(9-7-15-19-11(9)17-12)18-13(8-20)5-3-2-4-6-13/h7,20H,2-6,8H2,1H3,(H3,14,15,16,17,18,19). The van der Waals surface area contributed by atoms with Gasteiger partial charge >= 0.3 is 0 Å². The second-order valence-corrected chi connectivity index (χ2v) is 5.40. The third kappa shape index (κ3) is 2.29. The highest BCUT2D eigenvalue weighted by molar-refractivity contribution is 5.87. The van der Waals surface area contributed by atoms with E-state index in [1.165, 1.54) is 6.42 Å². The van der Waals surface area contributed by atoms with Crippen molar-refractivity contribution in [2.75, 3.05) is 24.3 Å². The number of aliphatic hydroxyl groups is 1. The third-order valence-corrected chi connectivity index (χ3v) is 4.03. The smallest absolute Gasteiger partial charge is 0.226 e. The molecule has 108 valence electrons. The lowest BCUT2D eigenvalue weighted by Gasteiger charge is -2.37. The number of fused-ring (bicyclic) bond motifs is 1. The summed E-state index contributed by atoms with van der Waals surface area (Å²) in [5.41, 5.74) is 0.415. The van der Waals surface area contributed by atoms with Gasteiger partial charge in [-0.05, 0) is 12.8 Å². The van der Waals surface area contributed by atoms with Crippen LogP contribution in [0.4, 0.5) is 11.8 Å². The van der Waals surface area contributed by atoms with Gasteiger partial charge in [0.25, 0.3) is 0 Å². The summed E-state index contributed by atoms with van der Waals surface area (Å²) < 4.78 is 0. The van der Waals surface area contributed by atoms with Gasteiger partial charge in [-0.2, -0.15) is 15.1 Å². The number of aromatic amines is 1. The molecule has 3 rings (SSSR count). The number of aliphatic hydroxyl groups excluding tert-OH is 1. The summed E-state index contributed by atoms with van der Waals surface area (Å²) in [6, 6.07) is 0. The molecule has 0 bridgehead atoms. The zero-order chi connectivity index (χ0) is 14.0. The Balaban J connectivity index is 1.98. The van der Waals surface area contributed by atoms with Crippen molar-refractivity contribution < 1.29 is 5.11 Å². The molecule has 1 aliphatic carbocycles. The maximum atomic E-state index is 9.81. The van der Waals surface area contributed by atoms with Crippen LogP contribution in [0.25, 0.3) is 11.0 Å². The Labute approximate surface area is 117 Å². The van der Waals surface area contributed by atoms with E-state index in [9.17, 15) is 5.11 Å². The van der Waals surface area contributed by atoms with Crippen LogP contribution in [0.3, 0.4) is 0 Å². The molecule has 2 heterocycles. The van der Waals surface area contributed by atoms with E-state index in [-0.39, 0.29) is 12.1 Å². The molecule has 0 aromatic carbocycles. The fourth-order valence-corrected chi connectivity index (χ4v) is 2.84. The normalized spacial score (nSPS) is 18.1. The summed E-state index contributed by atoms with van der Waals surface area (Å²) in [5.74, 6) is 1.26. The number of nitrogens with zero attached hydrogens (tertiary/aromatic N) is 3. The van der Waals surface area contributed by atoms with Crippen LogP contribution in [0.2, 0.25) is 0 Å². The molecule has 0 saturated heterocycles. The van der Waals surface area contributed by atoms with Crippen LogP contribution in [0.1, 0.15) is 32.1 Å². The molecule has 0 aliphatic heterocycles. The lowest BCUT2D eigenvalue weighted by molar-refractivity contribution is 0.172. The molecule has 2 aromatic rings. The minimum Gasteiger partial charge on any atom is -0.394 e. The van der Waals surface area contributed by atoms with Crippen molar-refractivity contribution in [3.8, 4) is 0 Å². The van der Waals surface area contributed by atoms with Crippen molar-refractivity contribution >= 4 is 22.8 Å². The van der Waals surface area contributed by atoms with Crippen LogP contribution in [-0.2, 0) is 0 Å². The van der Waals surface area contributed by atoms with Gasteiger partial charge in [0.2, 0.25) is 5.95 Å². The van der Waals surface area contributed by atoms with E-state index in [4.69, 9.17) is 0 Å². The Kier molecular flexibility index (Phi) is 3.43. The number of H-pyrrole nitrogens is 1. The monoisotopic (exact) mass is 276 g/mol. The number of aromatic nitrogens is 4. The minimum absolute atomic E-state index is 0.116. The molecule has 7 nitrogen and oxygen atoms in total. The molecular formula is C13H20N6O. The Bertz CT molecular complexity index is 590. The van der Waals surface area contributed by atoms with Crippen molar-refractivity contribution in [1.82, 2.24) is 20.2 Å². The third-order valence-electron chi connectivity index (χ3n) is 4.03. The number of hydrogen-bond acceptors (Lipinski definition) is 6. The molecular weight excluding hydrogens is 256 g/mol. The molecule has 0 radical (unpaired) electrons. The molecule has 1 aliphatic rings. The first-order chi connectivity index (χ1) is 9.76. The highest BCUT2D eigenvalue weighted by Gasteiger charge is 2.32. The van der Waals surface area contributed by atoms with E-state index in [0.29, 0.717) is 11.6 Å². The average Bonchev–Trinajstić information content (AvgIpc) is 2.96. The molecule has 7 heteroatoms. The first-order valence-electron chi connectivity index (χ1n) is 7.04. The van der Waals surface area contributed by atoms with Gasteiger partial charge in [0, 0.05) is 7.05 Å². The molecule has 4 N–H and O–H groups in total. The molecule has 20 heavy (non-hydrogen) atoms. The molecule has 0 spiro atoms. The number of anilines is 2. The van der Waals surface area contributed by atoms with Crippen LogP contribution in [0.15, 0.2) is 6.20 Å². The van der Waals surface area contributed by atoms with Crippen molar-refractivity contribution in [1.29, 1.82) is 0 Å². The Hall–Kier alpha value is -1.89. The van der Waals surface area contributed by atoms with Crippen LogP contribution < -0.4 is 10.6 Å². The summed E-state index contributed by atoms with van der Waals surface area (Å²) in [6.07, 6.45) is 7.13. The van der Waals surface area contributed by atoms with Gasteiger partial charge in [0.1, 0.15) is 5.82 Å². The quantitative estimate of drug-likeness (QED) is 0.675. The largest absolute Gasteiger partial charge is 0.394 e. The zero-order valence-electron chi connectivity index (χ0n) is 11.6. The van der Waals surface area contributed by atoms with E-state index in [2.05, 4.69) is 30.8 Å². The molecule has 0 unspecified atom stereocenters. The highest BCUT2D eigenvalue weighted by Crippen LogP contribution is 2.32. The predicted octanol–water partition coefficient (Wildman–Crippen LogP) is 1.50. The molecule has 1 fully saturated rings. The molecule has 0 amide bonds. The molecule has 1 saturated carbocycles. The summed E-state index contributed by atoms with van der Waals surface area (Å²) >= 11 is 0. The molecule has 2 aromatic heterocycles. The van der Waals surface area contributed by atoms with Crippen LogP contribution in [0.5, 0.6) is 0 Å². The lowest BCUT2D eigenvalue weighted by atomic mass is 9.82. The number of nitrogens with one attached hydrogen (secondary N) is 3. The second kappa shape index (κ2) is 5.24. The maximum absolute atomic E-state index is 9.81. The van der Waals surface area contributed by atoms with Crippen LogP contribution in [0, 0.1) is 0 Å². The van der Waals surface area contributed by atoms with Crippen LogP contribution in [-0.4, -0.2) is 44.5 Å². The van der Waals surface area contributed by atoms with E-state index < -0.39 is 0 Å². The van der Waals surface area contributed by atoms with E-state index in [1.54, 1.807) is 13.2 Å². The summed E-state index contributed by atoms with van der Waals surface area (Å²) in [5, 5.41) is 23.9. The minimum atomic E-state index is -0.276. The van der Waals surface area contributed by atoms with Gasteiger partial charge in [0.05, 0.1) is 23.7 Å². The lowest BCUT2D eigenvalue weighted by Crippen LogP contribution is -2.44. The van der Waals surface area contributed by atoms with Crippen LogP contribution >= 0.6 is 0 Å². The number of rotatable bonds is 4. The van der Waals surface area contributed by atoms with E-state index in [1.807, 2.05) is 0 Å². The van der Waals surface area contributed by atoms with Crippen molar-refractivity contribution in [2.45, 2.75) is 37.6 Å². The topological polar surface area (TPSA) is 98.8 Å². The van der Waals surface area contributed by atoms with Gasteiger partial charge in [-0.25, -0.2) is 0 Å². The predicted molar refractivity (Wildman–Crippen MR) is 77.8 cm³/mol. The van der Waals surface area contributed by atoms with Crippen molar-refractivity contribution in [3.63, 3.8) is 0 Å². The molecule has 0 atom stereocenters. The van der Waals surface area contributed by atoms with Gasteiger partial charge < -0.3 is 15.7 Å².